The molecule has 0 fully saturated rings. The van der Waals surface area contributed by atoms with E-state index in [1.165, 1.54) is 0 Å². The lowest BCUT2D eigenvalue weighted by molar-refractivity contribution is -0.128. The van der Waals surface area contributed by atoms with Gasteiger partial charge in [-0.2, -0.15) is 0 Å². The molecule has 0 aromatic heterocycles. The van der Waals surface area contributed by atoms with Gasteiger partial charge < -0.3 is 15.1 Å². The van der Waals surface area contributed by atoms with Crippen LogP contribution in [-0.2, 0) is 4.79 Å². The third kappa shape index (κ3) is 17.8. The quantitative estimate of drug-likeness (QED) is 0.773. The number of carbonyl (C=O) groups excluding carboxylic acids is 1. The molecule has 112 valence electrons. The summed E-state index contributed by atoms with van der Waals surface area (Å²) in [6.07, 6.45) is 2.11. The standard InChI is InChI=1S/C8H17NO.C4H10O2.C2H6/c1-4-6-9(7-5-2)8(3)10;1-4(2-5)3-6;1-2/h4-7H2,1-3H3;4-6H,2-3H2,1H3;1-2H3. The van der Waals surface area contributed by atoms with E-state index in [0.717, 1.165) is 25.9 Å². The van der Waals surface area contributed by atoms with E-state index in [1.54, 1.807) is 13.8 Å². The minimum Gasteiger partial charge on any atom is -0.396 e. The van der Waals surface area contributed by atoms with Gasteiger partial charge in [0.05, 0.1) is 0 Å². The number of aliphatic hydroxyl groups excluding tert-OH is 2. The molecule has 0 aromatic rings. The Morgan fingerprint density at radius 2 is 1.39 bits per heavy atom. The van der Waals surface area contributed by atoms with Crippen molar-refractivity contribution in [2.75, 3.05) is 26.3 Å². The Morgan fingerprint density at radius 1 is 1.06 bits per heavy atom. The average Bonchev–Trinajstić information content (AvgIpc) is 2.40. The van der Waals surface area contributed by atoms with Crippen molar-refractivity contribution < 1.29 is 15.0 Å². The Kier molecular flexibility index (Phi) is 23.5. The van der Waals surface area contributed by atoms with Gasteiger partial charge in [0, 0.05) is 39.1 Å². The zero-order valence-electron chi connectivity index (χ0n) is 13.1. The summed E-state index contributed by atoms with van der Waals surface area (Å²) in [5.41, 5.74) is 0. The van der Waals surface area contributed by atoms with Gasteiger partial charge in [0.1, 0.15) is 0 Å². The van der Waals surface area contributed by atoms with Gasteiger partial charge >= 0.3 is 0 Å². The van der Waals surface area contributed by atoms with E-state index in [4.69, 9.17) is 10.2 Å². The summed E-state index contributed by atoms with van der Waals surface area (Å²) in [5.74, 6) is 0.244. The molecular formula is C14H33NO3. The van der Waals surface area contributed by atoms with Gasteiger partial charge in [-0.05, 0) is 12.8 Å². The molecule has 0 radical (unpaired) electrons. The van der Waals surface area contributed by atoms with E-state index >= 15 is 0 Å². The van der Waals surface area contributed by atoms with Crippen LogP contribution in [0, 0.1) is 5.92 Å². The SMILES string of the molecule is CC.CC(CO)CO.CCCN(CCC)C(C)=O. The van der Waals surface area contributed by atoms with Gasteiger partial charge in [0.15, 0.2) is 0 Å². The fourth-order valence-electron chi connectivity index (χ4n) is 1.02. The lowest BCUT2D eigenvalue weighted by Gasteiger charge is -2.18. The normalized spacial score (nSPS) is 8.94. The van der Waals surface area contributed by atoms with Crippen LogP contribution in [0.2, 0.25) is 0 Å². The number of amides is 1. The Morgan fingerprint density at radius 3 is 1.50 bits per heavy atom. The molecule has 2 N–H and O–H groups in total. The lowest BCUT2D eigenvalue weighted by Crippen LogP contribution is -2.29. The van der Waals surface area contributed by atoms with E-state index in [9.17, 15) is 4.79 Å². The first-order chi connectivity index (χ1) is 8.53. The van der Waals surface area contributed by atoms with E-state index in [0.29, 0.717) is 0 Å². The Bertz CT molecular complexity index is 153. The summed E-state index contributed by atoms with van der Waals surface area (Å²) in [6, 6.07) is 0. The molecule has 0 heterocycles. The third-order valence-corrected chi connectivity index (χ3v) is 2.06. The number of hydrogen-bond acceptors (Lipinski definition) is 3. The molecule has 0 saturated carbocycles. The van der Waals surface area contributed by atoms with Gasteiger partial charge in [-0.1, -0.05) is 34.6 Å². The molecular weight excluding hydrogens is 230 g/mol. The predicted octanol–water partition coefficient (Wildman–Crippen LogP) is 2.29. The Balaban J connectivity index is -0.000000241. The Hall–Kier alpha value is -0.610. The highest BCUT2D eigenvalue weighted by Crippen LogP contribution is 1.93. The number of carbonyl (C=O) groups is 1. The average molecular weight is 263 g/mol. The fraction of sp³-hybridized carbons (Fsp3) is 0.929. The van der Waals surface area contributed by atoms with Gasteiger partial charge in [-0.15, -0.1) is 0 Å². The summed E-state index contributed by atoms with van der Waals surface area (Å²) in [6.45, 7) is 13.6. The molecule has 4 heteroatoms. The molecule has 0 aliphatic rings. The molecule has 18 heavy (non-hydrogen) atoms. The molecule has 1 amide bonds. The Labute approximate surface area is 113 Å². The molecule has 0 saturated heterocycles. The zero-order chi connectivity index (χ0) is 15.0. The van der Waals surface area contributed by atoms with Crippen LogP contribution in [0.3, 0.4) is 0 Å². The highest BCUT2D eigenvalue weighted by molar-refractivity contribution is 5.73. The third-order valence-electron chi connectivity index (χ3n) is 2.06. The minimum absolute atomic E-state index is 0.0463. The van der Waals surface area contributed by atoms with Crippen LogP contribution in [0.5, 0.6) is 0 Å². The minimum atomic E-state index is 0.0463. The van der Waals surface area contributed by atoms with Crippen LogP contribution in [-0.4, -0.2) is 47.3 Å². The molecule has 0 spiro atoms. The molecule has 0 aliphatic carbocycles. The molecule has 0 rings (SSSR count). The maximum Gasteiger partial charge on any atom is 0.219 e. The van der Waals surface area contributed by atoms with Crippen molar-refractivity contribution in [3.05, 3.63) is 0 Å². The number of aliphatic hydroxyl groups is 2. The van der Waals surface area contributed by atoms with Crippen molar-refractivity contribution in [1.82, 2.24) is 4.90 Å². The lowest BCUT2D eigenvalue weighted by atomic mass is 10.2. The number of hydrogen-bond donors (Lipinski definition) is 2. The molecule has 0 atom stereocenters. The number of nitrogens with zero attached hydrogens (tertiary/aromatic N) is 1. The van der Waals surface area contributed by atoms with Crippen LogP contribution >= 0.6 is 0 Å². The second-order valence-corrected chi connectivity index (χ2v) is 3.98. The first kappa shape index (κ1) is 22.6. The van der Waals surface area contributed by atoms with E-state index in [1.807, 2.05) is 18.7 Å². The fourth-order valence-corrected chi connectivity index (χ4v) is 1.02. The van der Waals surface area contributed by atoms with E-state index in [2.05, 4.69) is 13.8 Å². The first-order valence-electron chi connectivity index (χ1n) is 7.00. The van der Waals surface area contributed by atoms with Crippen molar-refractivity contribution in [2.45, 2.75) is 54.4 Å². The topological polar surface area (TPSA) is 60.8 Å². The highest BCUT2D eigenvalue weighted by Gasteiger charge is 2.03. The summed E-state index contributed by atoms with van der Waals surface area (Å²) in [5, 5.41) is 16.3. The predicted molar refractivity (Wildman–Crippen MR) is 77.5 cm³/mol. The first-order valence-corrected chi connectivity index (χ1v) is 7.00. The van der Waals surface area contributed by atoms with Crippen molar-refractivity contribution in [3.8, 4) is 0 Å². The summed E-state index contributed by atoms with van der Waals surface area (Å²) in [7, 11) is 0. The molecule has 0 aromatic carbocycles. The van der Waals surface area contributed by atoms with Gasteiger partial charge in [-0.3, -0.25) is 4.79 Å². The van der Waals surface area contributed by atoms with Gasteiger partial charge in [0.2, 0.25) is 5.91 Å². The maximum absolute atomic E-state index is 10.8. The van der Waals surface area contributed by atoms with Crippen LogP contribution in [0.4, 0.5) is 0 Å². The smallest absolute Gasteiger partial charge is 0.219 e. The molecule has 0 aliphatic heterocycles. The van der Waals surface area contributed by atoms with Crippen LogP contribution in [0.25, 0.3) is 0 Å². The summed E-state index contributed by atoms with van der Waals surface area (Å²) in [4.78, 5) is 12.7. The molecule has 0 bridgehead atoms. The monoisotopic (exact) mass is 263 g/mol. The maximum atomic E-state index is 10.8. The van der Waals surface area contributed by atoms with Crippen molar-refractivity contribution in [3.63, 3.8) is 0 Å². The summed E-state index contributed by atoms with van der Waals surface area (Å²) >= 11 is 0. The number of rotatable bonds is 6. The second kappa shape index (κ2) is 18.7. The van der Waals surface area contributed by atoms with Crippen molar-refractivity contribution in [2.24, 2.45) is 5.92 Å². The van der Waals surface area contributed by atoms with Crippen molar-refractivity contribution >= 4 is 5.91 Å². The van der Waals surface area contributed by atoms with E-state index in [-0.39, 0.29) is 25.0 Å². The van der Waals surface area contributed by atoms with Crippen LogP contribution in [0.1, 0.15) is 54.4 Å². The largest absolute Gasteiger partial charge is 0.396 e. The van der Waals surface area contributed by atoms with E-state index < -0.39 is 0 Å². The van der Waals surface area contributed by atoms with Crippen molar-refractivity contribution in [1.29, 1.82) is 0 Å². The van der Waals surface area contributed by atoms with Gasteiger partial charge in [-0.25, -0.2) is 0 Å². The highest BCUT2D eigenvalue weighted by atomic mass is 16.3. The van der Waals surface area contributed by atoms with Crippen LogP contribution < -0.4 is 0 Å². The van der Waals surface area contributed by atoms with Gasteiger partial charge in [0.25, 0.3) is 0 Å². The zero-order valence-corrected chi connectivity index (χ0v) is 13.1. The van der Waals surface area contributed by atoms with Crippen LogP contribution in [0.15, 0.2) is 0 Å². The molecule has 0 unspecified atom stereocenters. The second-order valence-electron chi connectivity index (χ2n) is 3.98. The molecule has 4 nitrogen and oxygen atoms in total. The summed E-state index contributed by atoms with van der Waals surface area (Å²) < 4.78 is 0.